The van der Waals surface area contributed by atoms with Crippen LogP contribution < -0.4 is 5.32 Å². The largest absolute Gasteiger partial charge is 0.306 e. The van der Waals surface area contributed by atoms with Crippen LogP contribution in [0.25, 0.3) is 0 Å². The second-order valence-electron chi connectivity index (χ2n) is 4.45. The molecule has 2 rings (SSSR count). The van der Waals surface area contributed by atoms with Gasteiger partial charge in [-0.2, -0.15) is 0 Å². The van der Waals surface area contributed by atoms with Crippen LogP contribution in [0.2, 0.25) is 5.02 Å². The molecule has 0 aliphatic heterocycles. The van der Waals surface area contributed by atoms with Gasteiger partial charge in [-0.3, -0.25) is 0 Å². The predicted molar refractivity (Wildman–Crippen MR) is 81.0 cm³/mol. The van der Waals surface area contributed by atoms with E-state index in [9.17, 15) is 13.2 Å². The molecule has 2 aromatic rings. The van der Waals surface area contributed by atoms with Gasteiger partial charge in [0.05, 0.1) is 11.1 Å². The molecule has 1 N–H and O–H groups in total. The van der Waals surface area contributed by atoms with Crippen LogP contribution in [-0.2, 0) is 0 Å². The normalized spacial score (nSPS) is 12.5. The van der Waals surface area contributed by atoms with E-state index in [-0.39, 0.29) is 5.56 Å². The maximum atomic E-state index is 14.2. The lowest BCUT2D eigenvalue weighted by atomic mass is 9.98. The molecule has 1 nitrogen and oxygen atoms in total. The average molecular weight is 379 g/mol. The lowest BCUT2D eigenvalue weighted by molar-refractivity contribution is 0.502. The molecule has 0 spiro atoms. The zero-order chi connectivity index (χ0) is 15.6. The van der Waals surface area contributed by atoms with E-state index in [4.69, 9.17) is 11.6 Å². The monoisotopic (exact) mass is 377 g/mol. The fourth-order valence-electron chi connectivity index (χ4n) is 2.06. The van der Waals surface area contributed by atoms with Crippen LogP contribution in [0.1, 0.15) is 24.1 Å². The Bertz CT molecular complexity index is 664. The van der Waals surface area contributed by atoms with Gasteiger partial charge < -0.3 is 5.32 Å². The average Bonchev–Trinajstić information content (AvgIpc) is 2.44. The minimum atomic E-state index is -0.973. The lowest BCUT2D eigenvalue weighted by Gasteiger charge is -2.20. The van der Waals surface area contributed by atoms with E-state index < -0.39 is 23.5 Å². The van der Waals surface area contributed by atoms with Crippen molar-refractivity contribution in [3.8, 4) is 0 Å². The summed E-state index contributed by atoms with van der Waals surface area (Å²) >= 11 is 9.14. The van der Waals surface area contributed by atoms with Crippen LogP contribution in [0.15, 0.2) is 34.8 Å². The third-order valence-corrected chi connectivity index (χ3v) is 4.23. The molecule has 1 atom stereocenters. The van der Waals surface area contributed by atoms with Gasteiger partial charge >= 0.3 is 0 Å². The molecule has 0 heterocycles. The first-order valence-corrected chi connectivity index (χ1v) is 7.44. The number of benzene rings is 2. The Balaban J connectivity index is 2.52. The summed E-state index contributed by atoms with van der Waals surface area (Å²) < 4.78 is 41.1. The molecule has 21 heavy (non-hydrogen) atoms. The van der Waals surface area contributed by atoms with Gasteiger partial charge in [-0.15, -0.1) is 0 Å². The summed E-state index contributed by atoms with van der Waals surface area (Å²) in [7, 11) is 0. The zero-order valence-electron chi connectivity index (χ0n) is 11.1. The van der Waals surface area contributed by atoms with Crippen molar-refractivity contribution in [2.45, 2.75) is 13.0 Å². The molecule has 1 unspecified atom stereocenters. The summed E-state index contributed by atoms with van der Waals surface area (Å²) in [6, 6.07) is 5.60. The SMILES string of the molecule is CCNC(c1ccc(F)c(F)c1)c1cc(Cl)c(Br)cc1F. The zero-order valence-corrected chi connectivity index (χ0v) is 13.4. The van der Waals surface area contributed by atoms with Gasteiger partial charge in [-0.05, 0) is 52.3 Å². The Kier molecular flexibility index (Phi) is 5.30. The third kappa shape index (κ3) is 3.59. The highest BCUT2D eigenvalue weighted by atomic mass is 79.9. The minimum Gasteiger partial charge on any atom is -0.306 e. The second-order valence-corrected chi connectivity index (χ2v) is 5.71. The fourth-order valence-corrected chi connectivity index (χ4v) is 2.55. The first-order chi connectivity index (χ1) is 9.93. The molecule has 0 aromatic heterocycles. The summed E-state index contributed by atoms with van der Waals surface area (Å²) in [6.45, 7) is 2.36. The van der Waals surface area contributed by atoms with Crippen molar-refractivity contribution in [1.82, 2.24) is 5.32 Å². The van der Waals surface area contributed by atoms with E-state index in [1.165, 1.54) is 18.2 Å². The van der Waals surface area contributed by atoms with E-state index in [0.717, 1.165) is 12.1 Å². The molecule has 0 amide bonds. The van der Waals surface area contributed by atoms with Crippen molar-refractivity contribution in [1.29, 1.82) is 0 Å². The van der Waals surface area contributed by atoms with Crippen molar-refractivity contribution >= 4 is 27.5 Å². The van der Waals surface area contributed by atoms with Crippen LogP contribution in [0.4, 0.5) is 13.2 Å². The molecule has 0 saturated carbocycles. The van der Waals surface area contributed by atoms with E-state index in [2.05, 4.69) is 21.2 Å². The van der Waals surface area contributed by atoms with Gasteiger partial charge in [0.2, 0.25) is 0 Å². The first-order valence-electron chi connectivity index (χ1n) is 6.26. The minimum absolute atomic E-state index is 0.274. The van der Waals surface area contributed by atoms with Gasteiger partial charge in [-0.25, -0.2) is 13.2 Å². The van der Waals surface area contributed by atoms with Gasteiger partial charge in [0.15, 0.2) is 11.6 Å². The molecule has 0 bridgehead atoms. The molecule has 0 aliphatic rings. The highest BCUT2D eigenvalue weighted by Crippen LogP contribution is 2.32. The van der Waals surface area contributed by atoms with Crippen LogP contribution >= 0.6 is 27.5 Å². The van der Waals surface area contributed by atoms with Crippen LogP contribution in [0, 0.1) is 17.5 Å². The Labute approximate surface area is 134 Å². The first kappa shape index (κ1) is 16.3. The van der Waals surface area contributed by atoms with Gasteiger partial charge in [-0.1, -0.05) is 24.6 Å². The van der Waals surface area contributed by atoms with Gasteiger partial charge in [0.1, 0.15) is 5.82 Å². The molecule has 0 fully saturated rings. The van der Waals surface area contributed by atoms with Crippen molar-refractivity contribution in [3.63, 3.8) is 0 Å². The third-order valence-electron chi connectivity index (χ3n) is 3.04. The molecule has 0 radical (unpaired) electrons. The van der Waals surface area contributed by atoms with E-state index in [1.807, 2.05) is 6.92 Å². The molecule has 112 valence electrons. The number of halogens is 5. The highest BCUT2D eigenvalue weighted by Gasteiger charge is 2.20. The molecular weight excluding hydrogens is 367 g/mol. The van der Waals surface area contributed by atoms with Gasteiger partial charge in [0, 0.05) is 10.0 Å². The molecule has 2 aromatic carbocycles. The fraction of sp³-hybridized carbons (Fsp3) is 0.200. The summed E-state index contributed by atoms with van der Waals surface area (Å²) in [4.78, 5) is 0. The summed E-state index contributed by atoms with van der Waals surface area (Å²) in [5.41, 5.74) is 0.698. The van der Waals surface area contributed by atoms with Crippen LogP contribution in [-0.4, -0.2) is 6.54 Å². The number of rotatable bonds is 4. The van der Waals surface area contributed by atoms with Crippen molar-refractivity contribution in [2.24, 2.45) is 0 Å². The van der Waals surface area contributed by atoms with Gasteiger partial charge in [0.25, 0.3) is 0 Å². The topological polar surface area (TPSA) is 12.0 Å². The van der Waals surface area contributed by atoms with Crippen molar-refractivity contribution in [3.05, 3.63) is 68.4 Å². The van der Waals surface area contributed by atoms with Crippen molar-refractivity contribution in [2.75, 3.05) is 6.54 Å². The summed E-state index contributed by atoms with van der Waals surface area (Å²) in [5.74, 6) is -2.40. The van der Waals surface area contributed by atoms with E-state index in [1.54, 1.807) is 0 Å². The summed E-state index contributed by atoms with van der Waals surface area (Å²) in [5, 5.41) is 3.39. The Morgan fingerprint density at radius 2 is 1.81 bits per heavy atom. The number of hydrogen-bond donors (Lipinski definition) is 1. The van der Waals surface area contributed by atoms with Crippen LogP contribution in [0.3, 0.4) is 0 Å². The Morgan fingerprint density at radius 1 is 1.10 bits per heavy atom. The second kappa shape index (κ2) is 6.81. The maximum absolute atomic E-state index is 14.2. The standard InChI is InChI=1S/C15H12BrClF3N/c1-2-21-15(8-3-4-12(18)14(20)5-8)9-6-11(17)10(16)7-13(9)19/h3-7,15,21H,2H2,1H3. The Hall–Kier alpha value is -1.04. The Morgan fingerprint density at radius 3 is 2.43 bits per heavy atom. The smallest absolute Gasteiger partial charge is 0.159 e. The predicted octanol–water partition coefficient (Wildman–Crippen LogP) is 5.22. The highest BCUT2D eigenvalue weighted by molar-refractivity contribution is 9.10. The molecular formula is C15H12BrClF3N. The summed E-state index contributed by atoms with van der Waals surface area (Å²) in [6.07, 6.45) is 0. The molecule has 0 aliphatic carbocycles. The van der Waals surface area contributed by atoms with E-state index in [0.29, 0.717) is 21.6 Å². The molecule has 6 heteroatoms. The van der Waals surface area contributed by atoms with Crippen molar-refractivity contribution < 1.29 is 13.2 Å². The number of hydrogen-bond acceptors (Lipinski definition) is 1. The quantitative estimate of drug-likeness (QED) is 0.719. The maximum Gasteiger partial charge on any atom is 0.159 e. The van der Waals surface area contributed by atoms with E-state index >= 15 is 0 Å². The molecule has 0 saturated heterocycles. The van der Waals surface area contributed by atoms with Crippen LogP contribution in [0.5, 0.6) is 0 Å². The lowest BCUT2D eigenvalue weighted by Crippen LogP contribution is -2.23. The number of nitrogens with one attached hydrogen (secondary N) is 1.